The van der Waals surface area contributed by atoms with Crippen molar-refractivity contribution in [2.45, 2.75) is 37.8 Å². The van der Waals surface area contributed by atoms with E-state index in [0.29, 0.717) is 12.1 Å². The van der Waals surface area contributed by atoms with Gasteiger partial charge in [0.15, 0.2) is 0 Å². The number of rotatable bonds is 7. The molecule has 2 saturated carbocycles. The van der Waals surface area contributed by atoms with Crippen LogP contribution in [0.5, 0.6) is 5.75 Å². The summed E-state index contributed by atoms with van der Waals surface area (Å²) in [5, 5.41) is 3.00. The van der Waals surface area contributed by atoms with E-state index in [1.54, 1.807) is 0 Å². The molecule has 1 unspecified atom stereocenters. The van der Waals surface area contributed by atoms with Gasteiger partial charge >= 0.3 is 0 Å². The summed E-state index contributed by atoms with van der Waals surface area (Å²) in [5.41, 5.74) is 0.670. The van der Waals surface area contributed by atoms with Crippen molar-refractivity contribution in [1.82, 2.24) is 10.2 Å². The molecule has 0 aromatic heterocycles. The van der Waals surface area contributed by atoms with Gasteiger partial charge in [-0.3, -0.25) is 9.69 Å². The Balaban J connectivity index is 1.23. The van der Waals surface area contributed by atoms with Crippen LogP contribution < -0.4 is 10.1 Å². The van der Waals surface area contributed by atoms with Crippen LogP contribution in [0.3, 0.4) is 0 Å². The van der Waals surface area contributed by atoms with E-state index in [4.69, 9.17) is 9.47 Å². The molecule has 24 heavy (non-hydrogen) atoms. The maximum Gasteiger partial charge on any atom is 0.251 e. The average Bonchev–Trinajstić information content (AvgIpc) is 3.51. The Morgan fingerprint density at radius 1 is 1.21 bits per heavy atom. The second-order valence-electron chi connectivity index (χ2n) is 7.21. The molecule has 0 bridgehead atoms. The molecule has 0 radical (unpaired) electrons. The van der Waals surface area contributed by atoms with Crippen LogP contribution in [0.4, 0.5) is 0 Å². The lowest BCUT2D eigenvalue weighted by Crippen LogP contribution is -2.48. The molecule has 1 heterocycles. The lowest BCUT2D eigenvalue weighted by atomic mass is 10.2. The van der Waals surface area contributed by atoms with E-state index >= 15 is 0 Å². The number of hydrogen-bond acceptors (Lipinski definition) is 4. The SMILES string of the molecule is O=C(NCC1CN(C2CC2)CCO1)c1ccc(OCC2CC2)cc1. The summed E-state index contributed by atoms with van der Waals surface area (Å²) in [6.07, 6.45) is 5.29. The molecular formula is C19H26N2O3. The Hall–Kier alpha value is -1.59. The fourth-order valence-electron chi connectivity index (χ4n) is 3.15. The van der Waals surface area contributed by atoms with Crippen LogP contribution in [-0.2, 0) is 4.74 Å². The molecule has 0 spiro atoms. The molecule has 1 saturated heterocycles. The molecular weight excluding hydrogens is 304 g/mol. The van der Waals surface area contributed by atoms with E-state index in [9.17, 15) is 4.79 Å². The number of ether oxygens (including phenoxy) is 2. The number of nitrogens with one attached hydrogen (secondary N) is 1. The van der Waals surface area contributed by atoms with Crippen LogP contribution in [0.15, 0.2) is 24.3 Å². The van der Waals surface area contributed by atoms with Gasteiger partial charge in [-0.05, 0) is 55.9 Å². The van der Waals surface area contributed by atoms with E-state index in [1.165, 1.54) is 25.7 Å². The number of hydrogen-bond donors (Lipinski definition) is 1. The molecule has 1 aliphatic heterocycles. The molecule has 3 aliphatic rings. The van der Waals surface area contributed by atoms with Crippen molar-refractivity contribution in [2.75, 3.05) is 32.8 Å². The van der Waals surface area contributed by atoms with Gasteiger partial charge in [-0.25, -0.2) is 0 Å². The van der Waals surface area contributed by atoms with Gasteiger partial charge in [0, 0.05) is 31.2 Å². The van der Waals surface area contributed by atoms with Crippen LogP contribution >= 0.6 is 0 Å². The minimum atomic E-state index is -0.0455. The maximum absolute atomic E-state index is 12.3. The third-order valence-corrected chi connectivity index (χ3v) is 5.02. The third kappa shape index (κ3) is 4.28. The first kappa shape index (κ1) is 15.9. The van der Waals surface area contributed by atoms with Crippen molar-refractivity contribution in [3.05, 3.63) is 29.8 Å². The van der Waals surface area contributed by atoms with E-state index < -0.39 is 0 Å². The second-order valence-corrected chi connectivity index (χ2v) is 7.21. The highest BCUT2D eigenvalue weighted by Gasteiger charge is 2.33. The zero-order valence-corrected chi connectivity index (χ0v) is 14.1. The normalized spacial score (nSPS) is 24.6. The molecule has 2 aliphatic carbocycles. The van der Waals surface area contributed by atoms with Gasteiger partial charge in [0.05, 0.1) is 19.3 Å². The van der Waals surface area contributed by atoms with E-state index in [-0.39, 0.29) is 12.0 Å². The first-order chi connectivity index (χ1) is 11.8. The van der Waals surface area contributed by atoms with Gasteiger partial charge in [0.1, 0.15) is 5.75 Å². The molecule has 130 valence electrons. The average molecular weight is 330 g/mol. The molecule has 1 atom stereocenters. The van der Waals surface area contributed by atoms with Crippen molar-refractivity contribution in [3.63, 3.8) is 0 Å². The smallest absolute Gasteiger partial charge is 0.251 e. The van der Waals surface area contributed by atoms with Gasteiger partial charge in [-0.15, -0.1) is 0 Å². The quantitative estimate of drug-likeness (QED) is 0.831. The Labute approximate surface area is 143 Å². The Kier molecular flexibility index (Phi) is 4.72. The summed E-state index contributed by atoms with van der Waals surface area (Å²) in [6, 6.07) is 8.17. The summed E-state index contributed by atoms with van der Waals surface area (Å²) in [4.78, 5) is 14.8. The molecule has 5 heteroatoms. The summed E-state index contributed by atoms with van der Waals surface area (Å²) < 4.78 is 11.5. The van der Waals surface area contributed by atoms with Crippen LogP contribution in [0.25, 0.3) is 0 Å². The molecule has 1 amide bonds. The molecule has 4 rings (SSSR count). The van der Waals surface area contributed by atoms with Crippen molar-refractivity contribution in [1.29, 1.82) is 0 Å². The highest BCUT2D eigenvalue weighted by Crippen LogP contribution is 2.29. The van der Waals surface area contributed by atoms with Crippen LogP contribution in [0, 0.1) is 5.92 Å². The van der Waals surface area contributed by atoms with E-state index in [0.717, 1.165) is 44.0 Å². The highest BCUT2D eigenvalue weighted by atomic mass is 16.5. The lowest BCUT2D eigenvalue weighted by Gasteiger charge is -2.33. The maximum atomic E-state index is 12.3. The fraction of sp³-hybridized carbons (Fsp3) is 0.632. The number of morpholine rings is 1. The van der Waals surface area contributed by atoms with Crippen molar-refractivity contribution >= 4 is 5.91 Å². The van der Waals surface area contributed by atoms with Gasteiger partial charge in [-0.1, -0.05) is 0 Å². The third-order valence-electron chi connectivity index (χ3n) is 5.02. The Morgan fingerprint density at radius 3 is 2.71 bits per heavy atom. The molecule has 1 aromatic carbocycles. The van der Waals surface area contributed by atoms with E-state index in [2.05, 4.69) is 10.2 Å². The van der Waals surface area contributed by atoms with Gasteiger partial charge in [0.2, 0.25) is 0 Å². The molecule has 1 aromatic rings. The number of amides is 1. The zero-order chi connectivity index (χ0) is 16.4. The standard InChI is InChI=1S/C19H26N2O3/c22-19(15-3-7-17(8-4-15)24-13-14-1-2-14)20-11-18-12-21(9-10-23-18)16-5-6-16/h3-4,7-8,14,16,18H,1-2,5-6,9-13H2,(H,20,22). The molecule has 1 N–H and O–H groups in total. The predicted molar refractivity (Wildman–Crippen MR) is 91.3 cm³/mol. The Bertz CT molecular complexity index is 566. The molecule has 5 nitrogen and oxygen atoms in total. The second kappa shape index (κ2) is 7.11. The topological polar surface area (TPSA) is 50.8 Å². The van der Waals surface area contributed by atoms with Crippen molar-refractivity contribution < 1.29 is 14.3 Å². The number of carbonyl (C=O) groups is 1. The first-order valence-electron chi connectivity index (χ1n) is 9.14. The van der Waals surface area contributed by atoms with Gasteiger partial charge in [-0.2, -0.15) is 0 Å². The summed E-state index contributed by atoms with van der Waals surface area (Å²) in [7, 11) is 0. The summed E-state index contributed by atoms with van der Waals surface area (Å²) in [6.45, 7) is 4.09. The lowest BCUT2D eigenvalue weighted by molar-refractivity contribution is -0.0293. The van der Waals surface area contributed by atoms with Crippen molar-refractivity contribution in [3.8, 4) is 5.75 Å². The summed E-state index contributed by atoms with van der Waals surface area (Å²) in [5.74, 6) is 1.53. The van der Waals surface area contributed by atoms with Gasteiger partial charge in [0.25, 0.3) is 5.91 Å². The highest BCUT2D eigenvalue weighted by molar-refractivity contribution is 5.94. The minimum absolute atomic E-state index is 0.0455. The van der Waals surface area contributed by atoms with Crippen LogP contribution in [0.2, 0.25) is 0 Å². The monoisotopic (exact) mass is 330 g/mol. The van der Waals surface area contributed by atoms with Crippen molar-refractivity contribution in [2.24, 2.45) is 5.92 Å². The van der Waals surface area contributed by atoms with Crippen LogP contribution in [-0.4, -0.2) is 55.8 Å². The summed E-state index contributed by atoms with van der Waals surface area (Å²) >= 11 is 0. The van der Waals surface area contributed by atoms with Gasteiger partial charge < -0.3 is 14.8 Å². The number of benzene rings is 1. The predicted octanol–water partition coefficient (Wildman–Crippen LogP) is 2.07. The van der Waals surface area contributed by atoms with E-state index in [1.807, 2.05) is 24.3 Å². The first-order valence-corrected chi connectivity index (χ1v) is 9.14. The van der Waals surface area contributed by atoms with Crippen LogP contribution in [0.1, 0.15) is 36.0 Å². The fourth-order valence-corrected chi connectivity index (χ4v) is 3.15. The zero-order valence-electron chi connectivity index (χ0n) is 14.1. The molecule has 3 fully saturated rings. The number of nitrogens with zero attached hydrogens (tertiary/aromatic N) is 1. The Morgan fingerprint density at radius 2 is 2.00 bits per heavy atom. The number of carbonyl (C=O) groups excluding carboxylic acids is 1. The minimum Gasteiger partial charge on any atom is -0.493 e. The largest absolute Gasteiger partial charge is 0.493 e.